The Hall–Kier alpha value is -3.74. The van der Waals surface area contributed by atoms with Gasteiger partial charge < -0.3 is 0 Å². The molecule has 0 fully saturated rings. The Kier molecular flexibility index (Phi) is 5.19. The number of hydrazine groups is 1. The van der Waals surface area contributed by atoms with E-state index in [-0.39, 0.29) is 11.3 Å². The van der Waals surface area contributed by atoms with Gasteiger partial charge in [-0.3, -0.25) is 15.6 Å². The number of hydrogen-bond donors (Lipinski definition) is 2. The minimum atomic E-state index is -0.242. The third-order valence-electron chi connectivity index (χ3n) is 5.25. The number of carbonyl (C=O) groups is 1. The van der Waals surface area contributed by atoms with Gasteiger partial charge in [0.25, 0.3) is 5.91 Å². The maximum absolute atomic E-state index is 12.6. The summed E-state index contributed by atoms with van der Waals surface area (Å²) in [5.74, 6) is 0.245. The molecule has 2 heterocycles. The number of nitrogens with one attached hydrogen (secondary N) is 2. The van der Waals surface area contributed by atoms with Crippen LogP contribution >= 0.6 is 0 Å². The molecular formula is C24H26N6O. The number of aromatic nitrogens is 4. The van der Waals surface area contributed by atoms with Gasteiger partial charge in [-0.2, -0.15) is 5.10 Å². The van der Waals surface area contributed by atoms with Crippen LogP contribution in [-0.4, -0.2) is 25.7 Å². The van der Waals surface area contributed by atoms with Crippen LogP contribution in [0.5, 0.6) is 0 Å². The number of anilines is 1. The Labute approximate surface area is 181 Å². The Morgan fingerprint density at radius 2 is 1.74 bits per heavy atom. The second-order valence-corrected chi connectivity index (χ2v) is 8.71. The maximum atomic E-state index is 12.6. The minimum Gasteiger partial charge on any atom is -0.281 e. The molecule has 4 rings (SSSR count). The summed E-state index contributed by atoms with van der Waals surface area (Å²) < 4.78 is 1.78. The molecule has 0 saturated carbocycles. The number of benzene rings is 2. The first-order chi connectivity index (χ1) is 14.7. The standard InChI is InChI=1S/C24H26N6O/c1-15-6-11-20(16(2)12-15)30-22-19(13-27-30)21(25-14-26-22)28-29-23(31)17-7-9-18(10-8-17)24(3,4)5/h6-14H,1-5H3,(H,29,31)(H,25,26,28). The van der Waals surface area contributed by atoms with E-state index in [0.717, 1.165) is 11.3 Å². The summed E-state index contributed by atoms with van der Waals surface area (Å²) in [7, 11) is 0. The van der Waals surface area contributed by atoms with Gasteiger partial charge in [-0.25, -0.2) is 14.6 Å². The molecule has 2 N–H and O–H groups in total. The molecule has 2 aromatic carbocycles. The van der Waals surface area contributed by atoms with Crippen molar-refractivity contribution in [1.82, 2.24) is 25.2 Å². The first-order valence-electron chi connectivity index (χ1n) is 10.2. The average molecular weight is 415 g/mol. The molecule has 0 radical (unpaired) electrons. The van der Waals surface area contributed by atoms with Crippen LogP contribution in [0.4, 0.5) is 5.82 Å². The van der Waals surface area contributed by atoms with Crippen LogP contribution in [0.2, 0.25) is 0 Å². The normalized spacial score (nSPS) is 11.5. The summed E-state index contributed by atoms with van der Waals surface area (Å²) in [5, 5.41) is 5.21. The highest BCUT2D eigenvalue weighted by Gasteiger charge is 2.16. The summed E-state index contributed by atoms with van der Waals surface area (Å²) in [5.41, 5.74) is 11.3. The van der Waals surface area contributed by atoms with Crippen molar-refractivity contribution < 1.29 is 4.79 Å². The van der Waals surface area contributed by atoms with Crippen LogP contribution in [-0.2, 0) is 5.41 Å². The van der Waals surface area contributed by atoms with Crippen molar-refractivity contribution >= 4 is 22.8 Å². The Balaban J connectivity index is 1.56. The van der Waals surface area contributed by atoms with Crippen molar-refractivity contribution in [3.63, 3.8) is 0 Å². The first kappa shape index (κ1) is 20.5. The number of rotatable bonds is 4. The molecule has 1 amide bonds. The molecule has 0 aliphatic rings. The van der Waals surface area contributed by atoms with Gasteiger partial charge in [-0.15, -0.1) is 0 Å². The molecule has 0 spiro atoms. The third kappa shape index (κ3) is 4.12. The summed E-state index contributed by atoms with van der Waals surface area (Å²) in [4.78, 5) is 21.2. The minimum absolute atomic E-state index is 0.0375. The zero-order chi connectivity index (χ0) is 22.2. The Morgan fingerprint density at radius 1 is 1.00 bits per heavy atom. The van der Waals surface area contributed by atoms with Crippen molar-refractivity contribution in [2.45, 2.75) is 40.0 Å². The highest BCUT2D eigenvalue weighted by atomic mass is 16.2. The van der Waals surface area contributed by atoms with E-state index in [1.165, 1.54) is 17.5 Å². The number of nitrogens with zero attached hydrogens (tertiary/aromatic N) is 4. The molecule has 0 aliphatic carbocycles. The van der Waals surface area contributed by atoms with Gasteiger partial charge >= 0.3 is 0 Å². The molecule has 0 atom stereocenters. The van der Waals surface area contributed by atoms with E-state index in [1.54, 1.807) is 10.9 Å². The SMILES string of the molecule is Cc1ccc(-n2ncc3c(NNC(=O)c4ccc(C(C)(C)C)cc4)ncnc32)c(C)c1. The highest BCUT2D eigenvalue weighted by Crippen LogP contribution is 2.24. The van der Waals surface area contributed by atoms with Crippen LogP contribution in [0.3, 0.4) is 0 Å². The lowest BCUT2D eigenvalue weighted by molar-refractivity contribution is 0.0962. The van der Waals surface area contributed by atoms with E-state index in [9.17, 15) is 4.79 Å². The summed E-state index contributed by atoms with van der Waals surface area (Å²) >= 11 is 0. The van der Waals surface area contributed by atoms with Gasteiger partial charge in [-0.1, -0.05) is 50.6 Å². The molecule has 158 valence electrons. The van der Waals surface area contributed by atoms with E-state index in [2.05, 4.69) is 59.7 Å². The molecule has 0 saturated heterocycles. The number of amides is 1. The number of aryl methyl sites for hydroxylation is 2. The zero-order valence-electron chi connectivity index (χ0n) is 18.4. The fraction of sp³-hybridized carbons (Fsp3) is 0.250. The van der Waals surface area contributed by atoms with E-state index in [0.29, 0.717) is 22.4 Å². The third-order valence-corrected chi connectivity index (χ3v) is 5.25. The van der Waals surface area contributed by atoms with Gasteiger partial charge in [0, 0.05) is 5.56 Å². The quantitative estimate of drug-likeness (QED) is 0.481. The van der Waals surface area contributed by atoms with Crippen molar-refractivity contribution in [1.29, 1.82) is 0 Å². The number of hydrogen-bond acceptors (Lipinski definition) is 5. The molecule has 7 nitrogen and oxygen atoms in total. The topological polar surface area (TPSA) is 84.7 Å². The van der Waals surface area contributed by atoms with Gasteiger partial charge in [0.2, 0.25) is 0 Å². The summed E-state index contributed by atoms with van der Waals surface area (Å²) in [6.07, 6.45) is 3.15. The lowest BCUT2D eigenvalue weighted by Gasteiger charge is -2.19. The molecule has 0 aliphatic heterocycles. The molecule has 0 unspecified atom stereocenters. The van der Waals surface area contributed by atoms with Crippen molar-refractivity contribution in [3.8, 4) is 5.69 Å². The van der Waals surface area contributed by atoms with Crippen molar-refractivity contribution in [2.75, 3.05) is 5.43 Å². The maximum Gasteiger partial charge on any atom is 0.269 e. The molecule has 0 bridgehead atoms. The first-order valence-corrected chi connectivity index (χ1v) is 10.2. The Bertz CT molecular complexity index is 1250. The Morgan fingerprint density at radius 3 is 2.42 bits per heavy atom. The predicted octanol–water partition coefficient (Wildman–Crippen LogP) is 4.49. The monoisotopic (exact) mass is 414 g/mol. The van der Waals surface area contributed by atoms with Crippen molar-refractivity contribution in [3.05, 3.63) is 77.2 Å². The highest BCUT2D eigenvalue weighted by molar-refractivity contribution is 5.96. The van der Waals surface area contributed by atoms with Gasteiger partial charge in [0.05, 0.1) is 17.3 Å². The molecular weight excluding hydrogens is 388 g/mol. The van der Waals surface area contributed by atoms with Crippen LogP contribution in [0, 0.1) is 13.8 Å². The van der Waals surface area contributed by atoms with E-state index < -0.39 is 0 Å². The molecule has 2 aromatic heterocycles. The number of fused-ring (bicyclic) bond motifs is 1. The van der Waals surface area contributed by atoms with Crippen LogP contribution < -0.4 is 10.9 Å². The smallest absolute Gasteiger partial charge is 0.269 e. The second-order valence-electron chi connectivity index (χ2n) is 8.71. The lowest BCUT2D eigenvalue weighted by atomic mass is 9.87. The summed E-state index contributed by atoms with van der Waals surface area (Å²) in [6.45, 7) is 10.5. The van der Waals surface area contributed by atoms with Crippen LogP contribution in [0.1, 0.15) is 47.8 Å². The van der Waals surface area contributed by atoms with Crippen molar-refractivity contribution in [2.24, 2.45) is 0 Å². The van der Waals surface area contributed by atoms with Crippen LogP contribution in [0.15, 0.2) is 55.0 Å². The lowest BCUT2D eigenvalue weighted by Crippen LogP contribution is -2.30. The molecule has 7 heteroatoms. The van der Waals surface area contributed by atoms with E-state index >= 15 is 0 Å². The van der Waals surface area contributed by atoms with Gasteiger partial charge in [0.15, 0.2) is 11.5 Å². The molecule has 31 heavy (non-hydrogen) atoms. The average Bonchev–Trinajstić information content (AvgIpc) is 3.16. The fourth-order valence-corrected chi connectivity index (χ4v) is 3.47. The summed E-state index contributed by atoms with van der Waals surface area (Å²) in [6, 6.07) is 13.8. The predicted molar refractivity (Wildman–Crippen MR) is 122 cm³/mol. The van der Waals surface area contributed by atoms with Crippen LogP contribution in [0.25, 0.3) is 16.7 Å². The van der Waals surface area contributed by atoms with E-state index in [1.807, 2.05) is 43.3 Å². The number of carbonyl (C=O) groups excluding carboxylic acids is 1. The van der Waals surface area contributed by atoms with Gasteiger partial charge in [-0.05, 0) is 48.6 Å². The van der Waals surface area contributed by atoms with E-state index in [4.69, 9.17) is 0 Å². The second kappa shape index (κ2) is 7.83. The zero-order valence-corrected chi connectivity index (χ0v) is 18.4. The van der Waals surface area contributed by atoms with Gasteiger partial charge in [0.1, 0.15) is 6.33 Å². The molecule has 4 aromatic rings. The fourth-order valence-electron chi connectivity index (χ4n) is 3.47. The largest absolute Gasteiger partial charge is 0.281 e.